The fraction of sp³-hybridized carbons (Fsp3) is 0.167. The summed E-state index contributed by atoms with van der Waals surface area (Å²) < 4.78 is 0. The molecule has 1 aromatic heterocycles. The van der Waals surface area contributed by atoms with Gasteiger partial charge in [-0.05, 0) is 24.6 Å². The Labute approximate surface area is 165 Å². The van der Waals surface area contributed by atoms with E-state index < -0.39 is 10.5 Å². The minimum absolute atomic E-state index is 0.334. The number of aryl methyl sites for hydroxylation is 1. The molecule has 0 fully saturated rings. The van der Waals surface area contributed by atoms with E-state index in [1.165, 1.54) is 0 Å². The molecule has 4 nitrogen and oxygen atoms in total. The molecule has 0 aliphatic heterocycles. The van der Waals surface area contributed by atoms with E-state index in [0.717, 1.165) is 0 Å². The number of aromatic nitrogens is 3. The highest BCUT2D eigenvalue weighted by atomic mass is 16.3. The minimum Gasteiger partial charge on any atom is -0.405 e. The van der Waals surface area contributed by atoms with Crippen molar-refractivity contribution in [3.05, 3.63) is 65.5 Å². The van der Waals surface area contributed by atoms with Crippen molar-refractivity contribution in [2.24, 2.45) is 0 Å². The van der Waals surface area contributed by atoms with Gasteiger partial charge in [0.05, 0.1) is 23.5 Å². The zero-order valence-electron chi connectivity index (χ0n) is 14.8. The second-order valence-electron chi connectivity index (χ2n) is 6.45. The molecular weight excluding hydrogens is 328 g/mol. The highest BCUT2D eigenvalue weighted by molar-refractivity contribution is 6.58. The molecule has 10 radical (unpaired) electrons. The van der Waals surface area contributed by atoms with Crippen LogP contribution in [0, 0.1) is 6.92 Å². The van der Waals surface area contributed by atoms with E-state index in [1.807, 2.05) is 6.07 Å². The normalized spacial score (nSPS) is 12.1. The molecule has 0 amide bonds. The van der Waals surface area contributed by atoms with E-state index in [9.17, 15) is 5.11 Å². The molecule has 0 aliphatic carbocycles. The zero-order valence-corrected chi connectivity index (χ0v) is 14.8. The average molecular weight is 340 g/mol. The van der Waals surface area contributed by atoms with Gasteiger partial charge in [-0.1, -0.05) is 42.0 Å². The van der Waals surface area contributed by atoms with Gasteiger partial charge < -0.3 is 5.11 Å². The van der Waals surface area contributed by atoms with Crippen LogP contribution in [-0.2, 0) is 10.5 Å². The topological polar surface area (TPSA) is 58.9 Å². The van der Waals surface area contributed by atoms with Crippen molar-refractivity contribution in [3.8, 4) is 22.8 Å². The number of benzene rings is 2. The van der Waals surface area contributed by atoms with Gasteiger partial charge in [0.2, 0.25) is 0 Å². The summed E-state index contributed by atoms with van der Waals surface area (Å²) in [7, 11) is 28.4. The molecule has 120 valence electrons. The Morgan fingerprint density at radius 1 is 0.741 bits per heavy atom. The standard InChI is InChI=1S/C18H12B5N3O/c1-10-24-15(11-4-2-6-13(8-11)17(19,20)21)26-16(25-10)12-5-3-7-14(9-12)18(22,23)27/h2-9,27H,1H3. The first-order valence-corrected chi connectivity index (χ1v) is 8.15. The van der Waals surface area contributed by atoms with Gasteiger partial charge in [0.15, 0.2) is 11.6 Å². The summed E-state index contributed by atoms with van der Waals surface area (Å²) in [4.78, 5) is 13.3. The second-order valence-corrected chi connectivity index (χ2v) is 6.45. The lowest BCUT2D eigenvalue weighted by Crippen LogP contribution is -2.26. The Bertz CT molecular complexity index is 907. The molecule has 1 heterocycles. The smallest absolute Gasteiger partial charge is 0.163 e. The van der Waals surface area contributed by atoms with Crippen LogP contribution < -0.4 is 0 Å². The number of aliphatic hydroxyl groups is 1. The summed E-state index contributed by atoms with van der Waals surface area (Å²) in [6.45, 7) is 1.75. The Morgan fingerprint density at radius 2 is 1.22 bits per heavy atom. The van der Waals surface area contributed by atoms with E-state index in [2.05, 4.69) is 15.0 Å². The van der Waals surface area contributed by atoms with Crippen LogP contribution in [0.1, 0.15) is 17.0 Å². The van der Waals surface area contributed by atoms with Gasteiger partial charge >= 0.3 is 0 Å². The molecule has 0 aliphatic rings. The zero-order chi connectivity index (χ0) is 19.8. The quantitative estimate of drug-likeness (QED) is 0.706. The van der Waals surface area contributed by atoms with Crippen LogP contribution in [-0.4, -0.2) is 59.3 Å². The fourth-order valence-corrected chi connectivity index (χ4v) is 2.58. The lowest BCUT2D eigenvalue weighted by Gasteiger charge is -2.21. The van der Waals surface area contributed by atoms with Crippen molar-refractivity contribution < 1.29 is 5.11 Å². The van der Waals surface area contributed by atoms with Crippen molar-refractivity contribution in [1.82, 2.24) is 15.0 Å². The highest BCUT2D eigenvalue weighted by Crippen LogP contribution is 2.25. The number of nitrogens with zero attached hydrogens (tertiary/aromatic N) is 3. The summed E-state index contributed by atoms with van der Waals surface area (Å²) in [5, 5.41) is 6.39. The molecule has 0 saturated carbocycles. The van der Waals surface area contributed by atoms with Gasteiger partial charge in [0, 0.05) is 16.5 Å². The first-order chi connectivity index (χ1) is 12.5. The summed E-state index contributed by atoms with van der Waals surface area (Å²) in [6, 6.07) is 13.8. The number of hydrogen-bond acceptors (Lipinski definition) is 4. The maximum atomic E-state index is 9.82. The van der Waals surface area contributed by atoms with Gasteiger partial charge in [-0.25, -0.2) is 15.0 Å². The molecule has 0 saturated heterocycles. The first-order valence-electron chi connectivity index (χ1n) is 8.15. The predicted octanol–water partition coefficient (Wildman–Crippen LogP) is 0.569. The van der Waals surface area contributed by atoms with Crippen molar-refractivity contribution in [2.75, 3.05) is 0 Å². The van der Waals surface area contributed by atoms with Crippen LogP contribution in [0.5, 0.6) is 0 Å². The molecule has 0 spiro atoms. The third kappa shape index (κ3) is 4.53. The molecule has 1 N–H and O–H groups in total. The minimum atomic E-state index is -1.96. The van der Waals surface area contributed by atoms with Crippen LogP contribution in [0.4, 0.5) is 0 Å². The third-order valence-electron chi connectivity index (χ3n) is 3.95. The molecule has 0 bridgehead atoms. The van der Waals surface area contributed by atoms with Crippen LogP contribution >= 0.6 is 0 Å². The highest BCUT2D eigenvalue weighted by Gasteiger charge is 2.17. The molecular formula is C18H12B5N3O. The molecule has 9 heteroatoms. The summed E-state index contributed by atoms with van der Waals surface area (Å²) >= 11 is 0. The third-order valence-corrected chi connectivity index (χ3v) is 3.95. The van der Waals surface area contributed by atoms with Crippen molar-refractivity contribution in [3.63, 3.8) is 0 Å². The van der Waals surface area contributed by atoms with E-state index in [4.69, 9.17) is 39.2 Å². The Hall–Kier alpha value is -2.27. The maximum absolute atomic E-state index is 9.82. The molecule has 3 aromatic rings. The molecule has 0 atom stereocenters. The lowest BCUT2D eigenvalue weighted by molar-refractivity contribution is 0.217. The number of rotatable bonds is 4. The van der Waals surface area contributed by atoms with Gasteiger partial charge in [0.1, 0.15) is 21.5 Å². The van der Waals surface area contributed by atoms with Crippen LogP contribution in [0.15, 0.2) is 48.5 Å². The molecule has 2 aromatic carbocycles. The van der Waals surface area contributed by atoms with E-state index in [0.29, 0.717) is 39.7 Å². The Kier molecular flexibility index (Phi) is 5.09. The van der Waals surface area contributed by atoms with Gasteiger partial charge in [0.25, 0.3) is 0 Å². The van der Waals surface area contributed by atoms with Gasteiger partial charge in [-0.15, -0.1) is 5.11 Å². The van der Waals surface area contributed by atoms with Crippen molar-refractivity contribution >= 4 is 39.2 Å². The fourth-order valence-electron chi connectivity index (χ4n) is 2.58. The summed E-state index contributed by atoms with van der Waals surface area (Å²) in [5.41, 5.74) is 2.20. The largest absolute Gasteiger partial charge is 0.405 e. The average Bonchev–Trinajstić information content (AvgIpc) is 2.60. The molecule has 3 rings (SSSR count). The summed E-state index contributed by atoms with van der Waals surface area (Å²) in [6.07, 6.45) is 0. The van der Waals surface area contributed by atoms with Crippen LogP contribution in [0.2, 0.25) is 0 Å². The summed E-state index contributed by atoms with van der Waals surface area (Å²) in [5.74, 6) is 1.36. The monoisotopic (exact) mass is 341 g/mol. The SMILES string of the molecule is [B]C([B])([B])c1cccc(-c2nc(C)nc(-c3cccc(C([B])([B])O)c3)n2)c1. The second kappa shape index (κ2) is 7.04. The predicted molar refractivity (Wildman–Crippen MR) is 110 cm³/mol. The van der Waals surface area contributed by atoms with Gasteiger partial charge in [-0.2, -0.15) is 0 Å². The lowest BCUT2D eigenvalue weighted by atomic mass is 9.40. The van der Waals surface area contributed by atoms with Crippen molar-refractivity contribution in [1.29, 1.82) is 0 Å². The van der Waals surface area contributed by atoms with E-state index in [-0.39, 0.29) is 0 Å². The van der Waals surface area contributed by atoms with E-state index >= 15 is 0 Å². The Morgan fingerprint density at radius 3 is 1.70 bits per heavy atom. The van der Waals surface area contributed by atoms with E-state index in [1.54, 1.807) is 49.4 Å². The van der Waals surface area contributed by atoms with Gasteiger partial charge in [-0.3, -0.25) is 0 Å². The van der Waals surface area contributed by atoms with Crippen LogP contribution in [0.3, 0.4) is 0 Å². The molecule has 0 unspecified atom stereocenters. The first kappa shape index (κ1) is 19.5. The van der Waals surface area contributed by atoms with Crippen molar-refractivity contribution in [2.45, 2.75) is 17.4 Å². The number of hydrogen-bond donors (Lipinski definition) is 1. The Balaban J connectivity index is 2.09. The maximum Gasteiger partial charge on any atom is 0.163 e. The van der Waals surface area contributed by atoms with Crippen LogP contribution in [0.25, 0.3) is 22.8 Å². The molecule has 27 heavy (non-hydrogen) atoms.